The van der Waals surface area contributed by atoms with E-state index >= 15 is 0 Å². The first kappa shape index (κ1) is 16.6. The molecule has 0 radical (unpaired) electrons. The highest BCUT2D eigenvalue weighted by Gasteiger charge is 2.38. The zero-order valence-corrected chi connectivity index (χ0v) is 14.5. The predicted molar refractivity (Wildman–Crippen MR) is 92.3 cm³/mol. The molecular weight excluding hydrogens is 302 g/mol. The largest absolute Gasteiger partial charge is 0.467 e. The van der Waals surface area contributed by atoms with Gasteiger partial charge in [0.15, 0.2) is 0 Å². The number of nitrogens with one attached hydrogen (secondary N) is 1. The zero-order valence-electron chi connectivity index (χ0n) is 14.5. The van der Waals surface area contributed by atoms with E-state index in [4.69, 9.17) is 4.42 Å². The van der Waals surface area contributed by atoms with Crippen LogP contribution >= 0.6 is 0 Å². The van der Waals surface area contributed by atoms with Crippen molar-refractivity contribution in [1.29, 1.82) is 0 Å². The van der Waals surface area contributed by atoms with Gasteiger partial charge < -0.3 is 14.6 Å². The topological polar surface area (TPSA) is 58.4 Å². The summed E-state index contributed by atoms with van der Waals surface area (Å²) in [4.78, 5) is 19.3. The summed E-state index contributed by atoms with van der Waals surface area (Å²) in [5.41, 5.74) is 0.891. The average Bonchev–Trinajstić information content (AvgIpc) is 3.25. The first-order valence-electron chi connectivity index (χ1n) is 8.61. The van der Waals surface area contributed by atoms with Crippen LogP contribution in [-0.2, 0) is 0 Å². The van der Waals surface area contributed by atoms with E-state index in [1.165, 1.54) is 0 Å². The number of nitrogens with zero attached hydrogens (tertiary/aromatic N) is 2. The minimum Gasteiger partial charge on any atom is -0.467 e. The van der Waals surface area contributed by atoms with Crippen LogP contribution in [0.2, 0.25) is 0 Å². The fraction of sp³-hybridized carbons (Fsp3) is 0.474. The lowest BCUT2D eigenvalue weighted by atomic mass is 10.0. The van der Waals surface area contributed by atoms with Crippen LogP contribution in [0.3, 0.4) is 0 Å². The van der Waals surface area contributed by atoms with Crippen LogP contribution in [0.4, 0.5) is 4.79 Å². The Labute approximate surface area is 143 Å². The van der Waals surface area contributed by atoms with Crippen molar-refractivity contribution in [3.8, 4) is 0 Å². The Morgan fingerprint density at radius 3 is 2.58 bits per heavy atom. The van der Waals surface area contributed by atoms with Crippen LogP contribution in [0.25, 0.3) is 0 Å². The van der Waals surface area contributed by atoms with Gasteiger partial charge >= 0.3 is 6.03 Å². The maximum absolute atomic E-state index is 13.0. The Hall–Kier alpha value is -2.30. The molecule has 2 heterocycles. The molecule has 0 spiro atoms. The maximum atomic E-state index is 13.0. The first-order valence-corrected chi connectivity index (χ1v) is 8.61. The Bertz CT molecular complexity index is 651. The van der Waals surface area contributed by atoms with Gasteiger partial charge in [-0.3, -0.25) is 4.98 Å². The highest BCUT2D eigenvalue weighted by Crippen LogP contribution is 2.35. The lowest BCUT2D eigenvalue weighted by Gasteiger charge is -2.31. The van der Waals surface area contributed by atoms with Crippen molar-refractivity contribution >= 4 is 6.03 Å². The molecule has 1 aliphatic carbocycles. The molecule has 2 aromatic heterocycles. The number of urea groups is 1. The quantitative estimate of drug-likeness (QED) is 0.860. The number of carbonyl (C=O) groups excluding carboxylic acids is 1. The second kappa shape index (κ2) is 7.07. The lowest BCUT2D eigenvalue weighted by Crippen LogP contribution is -2.45. The van der Waals surface area contributed by atoms with Gasteiger partial charge in [-0.15, -0.1) is 0 Å². The average molecular weight is 327 g/mol. The number of carbonyl (C=O) groups is 1. The summed E-state index contributed by atoms with van der Waals surface area (Å²) in [5.74, 6) is 1.07. The third-order valence-corrected chi connectivity index (χ3v) is 4.50. The van der Waals surface area contributed by atoms with E-state index in [-0.39, 0.29) is 24.0 Å². The molecule has 0 aliphatic heterocycles. The molecule has 2 atom stereocenters. The number of furan rings is 1. The molecule has 5 heteroatoms. The standard InChI is InChI=1S/C19H25N3O2/c1-13(2)18(16-7-4-5-11-20-16)21-19(23)22(15-9-10-15)14(3)17-8-6-12-24-17/h4-8,11-15,18H,9-10H2,1-3H3,(H,21,23)/t14-,18-/m1/s1. The molecule has 1 fully saturated rings. The van der Waals surface area contributed by atoms with Crippen molar-refractivity contribution in [2.45, 2.75) is 51.7 Å². The summed E-state index contributed by atoms with van der Waals surface area (Å²) in [5, 5.41) is 3.18. The van der Waals surface area contributed by atoms with Gasteiger partial charge in [0, 0.05) is 12.2 Å². The van der Waals surface area contributed by atoms with Crippen molar-refractivity contribution in [2.24, 2.45) is 5.92 Å². The summed E-state index contributed by atoms with van der Waals surface area (Å²) in [7, 11) is 0. The third kappa shape index (κ3) is 3.61. The zero-order chi connectivity index (χ0) is 17.1. The number of rotatable bonds is 6. The molecule has 5 nitrogen and oxygen atoms in total. The van der Waals surface area contributed by atoms with Crippen molar-refractivity contribution < 1.29 is 9.21 Å². The fourth-order valence-electron chi connectivity index (χ4n) is 3.03. The molecule has 24 heavy (non-hydrogen) atoms. The minimum absolute atomic E-state index is 0.0502. The Morgan fingerprint density at radius 1 is 1.25 bits per heavy atom. The fourth-order valence-corrected chi connectivity index (χ4v) is 3.03. The van der Waals surface area contributed by atoms with Crippen LogP contribution < -0.4 is 5.32 Å². The van der Waals surface area contributed by atoms with Gasteiger partial charge in [-0.2, -0.15) is 0 Å². The van der Waals surface area contributed by atoms with Crippen LogP contribution in [0.5, 0.6) is 0 Å². The smallest absolute Gasteiger partial charge is 0.318 e. The molecule has 128 valence electrons. The van der Waals surface area contributed by atoms with Crippen LogP contribution in [-0.4, -0.2) is 22.0 Å². The summed E-state index contributed by atoms with van der Waals surface area (Å²) in [6.45, 7) is 6.20. The van der Waals surface area contributed by atoms with Gasteiger partial charge in [0.2, 0.25) is 0 Å². The Balaban J connectivity index is 1.77. The molecule has 0 saturated heterocycles. The van der Waals surface area contributed by atoms with Crippen molar-refractivity contribution in [3.05, 3.63) is 54.2 Å². The third-order valence-electron chi connectivity index (χ3n) is 4.50. The lowest BCUT2D eigenvalue weighted by molar-refractivity contribution is 0.159. The summed E-state index contributed by atoms with van der Waals surface area (Å²) in [6.07, 6.45) is 5.52. The van der Waals surface area contributed by atoms with Crippen molar-refractivity contribution in [2.75, 3.05) is 0 Å². The summed E-state index contributed by atoms with van der Waals surface area (Å²) < 4.78 is 5.51. The van der Waals surface area contributed by atoms with Gasteiger partial charge in [0.05, 0.1) is 24.0 Å². The molecule has 1 aliphatic rings. The number of amides is 2. The maximum Gasteiger partial charge on any atom is 0.318 e. The molecule has 2 amide bonds. The van der Waals surface area contributed by atoms with Gasteiger partial charge in [0.1, 0.15) is 5.76 Å². The molecular formula is C19H25N3O2. The van der Waals surface area contributed by atoms with E-state index in [1.54, 1.807) is 12.5 Å². The molecule has 2 aromatic rings. The van der Waals surface area contributed by atoms with Crippen molar-refractivity contribution in [1.82, 2.24) is 15.2 Å². The van der Waals surface area contributed by atoms with Crippen LogP contribution in [0.1, 0.15) is 57.2 Å². The number of aromatic nitrogens is 1. The molecule has 0 aromatic carbocycles. The number of hydrogen-bond acceptors (Lipinski definition) is 3. The highest BCUT2D eigenvalue weighted by molar-refractivity contribution is 5.76. The van der Waals surface area contributed by atoms with E-state index in [0.29, 0.717) is 6.04 Å². The van der Waals surface area contributed by atoms with E-state index in [1.807, 2.05) is 42.2 Å². The van der Waals surface area contributed by atoms with Crippen LogP contribution in [0.15, 0.2) is 47.2 Å². The molecule has 1 N–H and O–H groups in total. The highest BCUT2D eigenvalue weighted by atomic mass is 16.3. The van der Waals surface area contributed by atoms with Gasteiger partial charge in [-0.1, -0.05) is 19.9 Å². The van der Waals surface area contributed by atoms with E-state index in [2.05, 4.69) is 24.1 Å². The summed E-state index contributed by atoms with van der Waals surface area (Å²) in [6, 6.07) is 9.64. The second-order valence-corrected chi connectivity index (χ2v) is 6.76. The molecule has 1 saturated carbocycles. The predicted octanol–water partition coefficient (Wildman–Crippen LogP) is 4.31. The van der Waals surface area contributed by atoms with Crippen LogP contribution in [0, 0.1) is 5.92 Å². The molecule has 3 rings (SSSR count). The SMILES string of the molecule is CC(C)[C@@H](NC(=O)N(C1CC1)[C@H](C)c1ccco1)c1ccccn1. The normalized spacial score (nSPS) is 16.7. The minimum atomic E-state index is -0.108. The molecule has 0 bridgehead atoms. The Kier molecular flexibility index (Phi) is 4.88. The van der Waals surface area contributed by atoms with Gasteiger partial charge in [-0.25, -0.2) is 4.79 Å². The number of hydrogen-bond donors (Lipinski definition) is 1. The van der Waals surface area contributed by atoms with E-state index in [0.717, 1.165) is 24.3 Å². The number of pyridine rings is 1. The monoisotopic (exact) mass is 327 g/mol. The second-order valence-electron chi connectivity index (χ2n) is 6.76. The van der Waals surface area contributed by atoms with E-state index < -0.39 is 0 Å². The summed E-state index contributed by atoms with van der Waals surface area (Å²) >= 11 is 0. The first-order chi connectivity index (χ1) is 11.6. The van der Waals surface area contributed by atoms with Crippen molar-refractivity contribution in [3.63, 3.8) is 0 Å². The van der Waals surface area contributed by atoms with Gasteiger partial charge in [0.25, 0.3) is 0 Å². The van der Waals surface area contributed by atoms with Gasteiger partial charge in [-0.05, 0) is 49.9 Å². The molecule has 0 unspecified atom stereocenters. The Morgan fingerprint density at radius 2 is 2.04 bits per heavy atom. The van der Waals surface area contributed by atoms with E-state index in [9.17, 15) is 4.79 Å².